The molecule has 5 heteroatoms. The highest BCUT2D eigenvalue weighted by atomic mass is 79.9. The first-order valence-electron chi connectivity index (χ1n) is 4.22. The Bertz CT molecular complexity index is 533. The van der Waals surface area contributed by atoms with Gasteiger partial charge in [0.25, 0.3) is 0 Å². The van der Waals surface area contributed by atoms with Crippen LogP contribution in [-0.2, 0) is 4.79 Å². The Morgan fingerprint density at radius 1 is 1.40 bits per heavy atom. The summed E-state index contributed by atoms with van der Waals surface area (Å²) in [6.07, 6.45) is 1.67. The van der Waals surface area contributed by atoms with Crippen molar-refractivity contribution in [3.05, 3.63) is 27.3 Å². The molecule has 0 amide bonds. The van der Waals surface area contributed by atoms with Crippen LogP contribution >= 0.6 is 31.9 Å². The predicted octanol–water partition coefficient (Wildman–Crippen LogP) is 3.62. The van der Waals surface area contributed by atoms with Crippen LogP contribution in [0.25, 0.3) is 10.9 Å². The van der Waals surface area contributed by atoms with Gasteiger partial charge in [-0.1, -0.05) is 15.9 Å². The molecule has 1 heterocycles. The molecule has 0 fully saturated rings. The number of benzene rings is 1. The van der Waals surface area contributed by atoms with E-state index in [1.165, 1.54) is 6.92 Å². The minimum absolute atomic E-state index is 0.328. The molecule has 0 spiro atoms. The SMILES string of the molecule is CC(=O)Oc1c[nH]c2cc(Br)cc(Br)c12. The highest BCUT2D eigenvalue weighted by Gasteiger charge is 2.10. The molecule has 0 aliphatic rings. The molecular weight excluding hydrogens is 326 g/mol. The monoisotopic (exact) mass is 331 g/mol. The standard InChI is InChI=1S/C10H7Br2NO2/c1-5(14)15-9-4-13-8-3-6(11)2-7(12)10(8)9/h2-4,13H,1H3. The molecule has 0 aliphatic carbocycles. The van der Waals surface area contributed by atoms with Crippen molar-refractivity contribution < 1.29 is 9.53 Å². The number of nitrogens with one attached hydrogen (secondary N) is 1. The first-order valence-corrected chi connectivity index (χ1v) is 5.81. The molecule has 1 aromatic heterocycles. The number of esters is 1. The summed E-state index contributed by atoms with van der Waals surface area (Å²) in [5, 5.41) is 0.869. The largest absolute Gasteiger partial charge is 0.424 e. The molecule has 15 heavy (non-hydrogen) atoms. The third kappa shape index (κ3) is 2.08. The summed E-state index contributed by atoms with van der Waals surface area (Å²) in [5.74, 6) is 0.211. The van der Waals surface area contributed by atoms with Crippen molar-refractivity contribution in [1.82, 2.24) is 4.98 Å². The van der Waals surface area contributed by atoms with E-state index in [2.05, 4.69) is 36.8 Å². The third-order valence-electron chi connectivity index (χ3n) is 1.91. The zero-order valence-corrected chi connectivity index (χ0v) is 11.0. The van der Waals surface area contributed by atoms with Gasteiger partial charge in [0.1, 0.15) is 0 Å². The van der Waals surface area contributed by atoms with Crippen LogP contribution in [0, 0.1) is 0 Å². The van der Waals surface area contributed by atoms with Gasteiger partial charge in [-0.05, 0) is 28.1 Å². The fourth-order valence-corrected chi connectivity index (χ4v) is 2.81. The van der Waals surface area contributed by atoms with Crippen molar-refractivity contribution in [2.45, 2.75) is 6.92 Å². The third-order valence-corrected chi connectivity index (χ3v) is 3.00. The molecule has 3 nitrogen and oxygen atoms in total. The fourth-order valence-electron chi connectivity index (χ4n) is 1.39. The summed E-state index contributed by atoms with van der Waals surface area (Å²) in [7, 11) is 0. The van der Waals surface area contributed by atoms with Crippen molar-refractivity contribution in [1.29, 1.82) is 0 Å². The quantitative estimate of drug-likeness (QED) is 0.810. The first-order chi connectivity index (χ1) is 7.08. The lowest BCUT2D eigenvalue weighted by atomic mass is 10.2. The second-order valence-electron chi connectivity index (χ2n) is 3.06. The number of aromatic nitrogens is 1. The van der Waals surface area contributed by atoms with E-state index in [0.717, 1.165) is 19.8 Å². The number of aromatic amines is 1. The van der Waals surface area contributed by atoms with Crippen molar-refractivity contribution >= 4 is 48.7 Å². The zero-order chi connectivity index (χ0) is 11.0. The van der Waals surface area contributed by atoms with Crippen molar-refractivity contribution in [2.24, 2.45) is 0 Å². The Kier molecular flexibility index (Phi) is 2.84. The lowest BCUT2D eigenvalue weighted by Crippen LogP contribution is -2.00. The number of carbonyl (C=O) groups is 1. The van der Waals surface area contributed by atoms with Gasteiger partial charge < -0.3 is 9.72 Å². The predicted molar refractivity (Wildman–Crippen MR) is 65.0 cm³/mol. The lowest BCUT2D eigenvalue weighted by Gasteiger charge is -2.01. The van der Waals surface area contributed by atoms with E-state index in [4.69, 9.17) is 4.74 Å². The first kappa shape index (κ1) is 10.7. The van der Waals surface area contributed by atoms with Gasteiger partial charge in [-0.2, -0.15) is 0 Å². The average molecular weight is 333 g/mol. The number of carbonyl (C=O) groups excluding carboxylic acids is 1. The van der Waals surface area contributed by atoms with Crippen molar-refractivity contribution in [2.75, 3.05) is 0 Å². The highest BCUT2D eigenvalue weighted by Crippen LogP contribution is 2.34. The summed E-state index contributed by atoms with van der Waals surface area (Å²) < 4.78 is 6.91. The van der Waals surface area contributed by atoms with Gasteiger partial charge in [0.05, 0.1) is 10.9 Å². The molecule has 0 atom stereocenters. The molecule has 1 N–H and O–H groups in total. The molecule has 0 saturated heterocycles. The number of halogens is 2. The number of H-pyrrole nitrogens is 1. The van der Waals surface area contributed by atoms with E-state index in [9.17, 15) is 4.79 Å². The zero-order valence-electron chi connectivity index (χ0n) is 7.80. The Morgan fingerprint density at radius 3 is 2.80 bits per heavy atom. The Balaban J connectivity index is 2.63. The minimum Gasteiger partial charge on any atom is -0.424 e. The van der Waals surface area contributed by atoms with Gasteiger partial charge >= 0.3 is 5.97 Å². The molecule has 0 saturated carbocycles. The van der Waals surface area contributed by atoms with Crippen LogP contribution in [0.15, 0.2) is 27.3 Å². The fraction of sp³-hybridized carbons (Fsp3) is 0.100. The molecule has 78 valence electrons. The minimum atomic E-state index is -0.328. The number of ether oxygens (including phenoxy) is 1. The van der Waals surface area contributed by atoms with Gasteiger partial charge in [-0.15, -0.1) is 0 Å². The Labute approximate surface area is 103 Å². The van der Waals surface area contributed by atoms with Crippen LogP contribution in [-0.4, -0.2) is 11.0 Å². The molecular formula is C10H7Br2NO2. The maximum atomic E-state index is 10.9. The molecule has 1 aromatic carbocycles. The second-order valence-corrected chi connectivity index (χ2v) is 4.83. The molecule has 2 aromatic rings. The molecule has 0 unspecified atom stereocenters. The summed E-state index contributed by atoms with van der Waals surface area (Å²) >= 11 is 6.81. The van der Waals surface area contributed by atoms with Gasteiger partial charge in [0.15, 0.2) is 5.75 Å². The number of fused-ring (bicyclic) bond motifs is 1. The second kappa shape index (κ2) is 3.98. The van der Waals surface area contributed by atoms with Gasteiger partial charge in [0.2, 0.25) is 0 Å². The van der Waals surface area contributed by atoms with Gasteiger partial charge in [-0.25, -0.2) is 0 Å². The van der Waals surface area contributed by atoms with Crippen molar-refractivity contribution in [3.8, 4) is 5.75 Å². The Hall–Kier alpha value is -0.810. The average Bonchev–Trinajstić information content (AvgIpc) is 2.46. The molecule has 0 bridgehead atoms. The van der Waals surface area contributed by atoms with Gasteiger partial charge in [0, 0.05) is 22.1 Å². The molecule has 0 radical (unpaired) electrons. The van der Waals surface area contributed by atoms with E-state index in [0.29, 0.717) is 5.75 Å². The van der Waals surface area contributed by atoms with Crippen LogP contribution in [0.2, 0.25) is 0 Å². The number of hydrogen-bond donors (Lipinski definition) is 1. The maximum Gasteiger partial charge on any atom is 0.308 e. The normalized spacial score (nSPS) is 10.6. The van der Waals surface area contributed by atoms with E-state index in [1.807, 2.05) is 12.1 Å². The van der Waals surface area contributed by atoms with Crippen LogP contribution in [0.3, 0.4) is 0 Å². The summed E-state index contributed by atoms with van der Waals surface area (Å²) in [4.78, 5) is 13.9. The van der Waals surface area contributed by atoms with E-state index < -0.39 is 0 Å². The molecule has 0 aliphatic heterocycles. The van der Waals surface area contributed by atoms with Crippen LogP contribution in [0.5, 0.6) is 5.75 Å². The van der Waals surface area contributed by atoms with Gasteiger partial charge in [-0.3, -0.25) is 4.79 Å². The van der Waals surface area contributed by atoms with Crippen LogP contribution < -0.4 is 4.74 Å². The summed E-state index contributed by atoms with van der Waals surface area (Å²) in [5.41, 5.74) is 0.910. The number of rotatable bonds is 1. The van der Waals surface area contributed by atoms with E-state index in [1.54, 1.807) is 6.20 Å². The number of hydrogen-bond acceptors (Lipinski definition) is 2. The molecule has 2 rings (SSSR count). The van der Waals surface area contributed by atoms with Crippen LogP contribution in [0.4, 0.5) is 0 Å². The van der Waals surface area contributed by atoms with E-state index >= 15 is 0 Å². The Morgan fingerprint density at radius 2 is 2.13 bits per heavy atom. The van der Waals surface area contributed by atoms with Crippen LogP contribution in [0.1, 0.15) is 6.92 Å². The summed E-state index contributed by atoms with van der Waals surface area (Å²) in [6.45, 7) is 1.38. The van der Waals surface area contributed by atoms with E-state index in [-0.39, 0.29) is 5.97 Å². The smallest absolute Gasteiger partial charge is 0.308 e. The lowest BCUT2D eigenvalue weighted by molar-refractivity contribution is -0.131. The maximum absolute atomic E-state index is 10.9. The summed E-state index contributed by atoms with van der Waals surface area (Å²) in [6, 6.07) is 3.83. The topological polar surface area (TPSA) is 42.1 Å². The highest BCUT2D eigenvalue weighted by molar-refractivity contribution is 9.11. The van der Waals surface area contributed by atoms with Crippen molar-refractivity contribution in [3.63, 3.8) is 0 Å².